The zero-order chi connectivity index (χ0) is 12.6. The highest BCUT2D eigenvalue weighted by molar-refractivity contribution is 5.42. The molecule has 17 heavy (non-hydrogen) atoms. The predicted molar refractivity (Wildman–Crippen MR) is 63.3 cm³/mol. The summed E-state index contributed by atoms with van der Waals surface area (Å²) >= 11 is 0. The first kappa shape index (κ1) is 12.4. The molecule has 0 bridgehead atoms. The fraction of sp³-hybridized carbons (Fsp3) is 0.667. The van der Waals surface area contributed by atoms with Crippen molar-refractivity contribution in [3.8, 4) is 0 Å². The van der Waals surface area contributed by atoms with E-state index in [1.165, 1.54) is 13.1 Å². The summed E-state index contributed by atoms with van der Waals surface area (Å²) in [5.41, 5.74) is 5.92. The van der Waals surface area contributed by atoms with E-state index < -0.39 is 17.8 Å². The minimum atomic E-state index is -1.48. The molecule has 1 saturated heterocycles. The first-order chi connectivity index (χ1) is 7.96. The molecule has 0 amide bonds. The van der Waals surface area contributed by atoms with Gasteiger partial charge in [0.05, 0.1) is 0 Å². The first-order valence-corrected chi connectivity index (χ1v) is 5.95. The van der Waals surface area contributed by atoms with E-state index in [2.05, 4.69) is 5.32 Å². The molecular weight excluding hydrogens is 224 g/mol. The SMILES string of the molecule is CN1C(F)=C(C2(C)CCCCN2)C(N)=CC1F. The van der Waals surface area contributed by atoms with E-state index in [9.17, 15) is 8.78 Å². The Morgan fingerprint density at radius 2 is 2.24 bits per heavy atom. The number of alkyl halides is 1. The largest absolute Gasteiger partial charge is 0.398 e. The maximum absolute atomic E-state index is 14.2. The summed E-state index contributed by atoms with van der Waals surface area (Å²) in [6.07, 6.45) is 2.70. The van der Waals surface area contributed by atoms with Crippen LogP contribution in [0.1, 0.15) is 26.2 Å². The fourth-order valence-electron chi connectivity index (χ4n) is 2.56. The molecule has 0 aliphatic carbocycles. The second kappa shape index (κ2) is 4.29. The number of rotatable bonds is 1. The Morgan fingerprint density at radius 3 is 2.82 bits per heavy atom. The summed E-state index contributed by atoms with van der Waals surface area (Å²) in [5.74, 6) is -0.561. The summed E-state index contributed by atoms with van der Waals surface area (Å²) < 4.78 is 27.6. The van der Waals surface area contributed by atoms with E-state index >= 15 is 0 Å². The molecule has 2 atom stereocenters. The molecule has 5 heteroatoms. The molecular formula is C12H19F2N3. The number of likely N-dealkylation sites (N-methyl/N-ethyl adjacent to an activating group) is 1. The van der Waals surface area contributed by atoms with Gasteiger partial charge in [0.15, 0.2) is 12.2 Å². The summed E-state index contributed by atoms with van der Waals surface area (Å²) in [7, 11) is 1.40. The average Bonchev–Trinajstić information content (AvgIpc) is 2.26. The lowest BCUT2D eigenvalue weighted by atomic mass is 9.81. The third-order valence-electron chi connectivity index (χ3n) is 3.66. The Morgan fingerprint density at radius 1 is 1.53 bits per heavy atom. The highest BCUT2D eigenvalue weighted by Gasteiger charge is 2.38. The van der Waals surface area contributed by atoms with Crippen LogP contribution in [0.3, 0.4) is 0 Å². The lowest BCUT2D eigenvalue weighted by molar-refractivity contribution is 0.144. The normalized spacial score (nSPS) is 34.9. The molecule has 0 spiro atoms. The number of piperidine rings is 1. The molecule has 3 N–H and O–H groups in total. The molecule has 96 valence electrons. The van der Waals surface area contributed by atoms with Crippen LogP contribution in [0.15, 0.2) is 23.3 Å². The van der Waals surface area contributed by atoms with Gasteiger partial charge in [-0.15, -0.1) is 0 Å². The summed E-state index contributed by atoms with van der Waals surface area (Å²) in [6, 6.07) is 0. The van der Waals surface area contributed by atoms with Gasteiger partial charge in [-0.3, -0.25) is 0 Å². The topological polar surface area (TPSA) is 41.3 Å². The van der Waals surface area contributed by atoms with Crippen molar-refractivity contribution in [1.29, 1.82) is 0 Å². The zero-order valence-electron chi connectivity index (χ0n) is 10.3. The van der Waals surface area contributed by atoms with Crippen LogP contribution in [-0.4, -0.2) is 30.3 Å². The van der Waals surface area contributed by atoms with Crippen molar-refractivity contribution in [3.63, 3.8) is 0 Å². The second-order valence-electron chi connectivity index (χ2n) is 4.99. The van der Waals surface area contributed by atoms with Crippen LogP contribution in [0.25, 0.3) is 0 Å². The Balaban J connectivity index is 2.38. The second-order valence-corrected chi connectivity index (χ2v) is 4.99. The average molecular weight is 243 g/mol. The van der Waals surface area contributed by atoms with E-state index in [1.807, 2.05) is 6.92 Å². The third-order valence-corrected chi connectivity index (χ3v) is 3.66. The van der Waals surface area contributed by atoms with Crippen LogP contribution >= 0.6 is 0 Å². The maximum Gasteiger partial charge on any atom is 0.199 e. The molecule has 2 aliphatic heterocycles. The highest BCUT2D eigenvalue weighted by atomic mass is 19.2. The Labute approximate surface area is 100 Å². The highest BCUT2D eigenvalue weighted by Crippen LogP contribution is 2.36. The fourth-order valence-corrected chi connectivity index (χ4v) is 2.56. The molecule has 2 rings (SSSR count). The van der Waals surface area contributed by atoms with Gasteiger partial charge in [0.25, 0.3) is 0 Å². The van der Waals surface area contributed by atoms with Gasteiger partial charge in [-0.1, -0.05) is 6.42 Å². The van der Waals surface area contributed by atoms with Gasteiger partial charge in [0.1, 0.15) is 0 Å². The van der Waals surface area contributed by atoms with Crippen molar-refractivity contribution in [2.45, 2.75) is 38.0 Å². The smallest absolute Gasteiger partial charge is 0.199 e. The van der Waals surface area contributed by atoms with Gasteiger partial charge < -0.3 is 16.0 Å². The quantitative estimate of drug-likeness (QED) is 0.690. The van der Waals surface area contributed by atoms with Crippen molar-refractivity contribution in [2.24, 2.45) is 5.73 Å². The Bertz CT molecular complexity index is 370. The van der Waals surface area contributed by atoms with Gasteiger partial charge in [0.2, 0.25) is 0 Å². The number of nitrogens with two attached hydrogens (primary N) is 1. The van der Waals surface area contributed by atoms with Crippen LogP contribution in [0, 0.1) is 0 Å². The Kier molecular flexibility index (Phi) is 3.12. The molecule has 0 aromatic heterocycles. The van der Waals surface area contributed by atoms with Gasteiger partial charge in [-0.25, -0.2) is 4.39 Å². The molecule has 1 fully saturated rings. The minimum Gasteiger partial charge on any atom is -0.398 e. The minimum absolute atomic E-state index is 0.213. The lowest BCUT2D eigenvalue weighted by Gasteiger charge is -2.40. The maximum atomic E-state index is 14.2. The van der Waals surface area contributed by atoms with Gasteiger partial charge in [-0.05, 0) is 32.4 Å². The van der Waals surface area contributed by atoms with Crippen LogP contribution in [0.2, 0.25) is 0 Å². The molecule has 3 nitrogen and oxygen atoms in total. The zero-order valence-corrected chi connectivity index (χ0v) is 10.3. The van der Waals surface area contributed by atoms with Crippen LogP contribution in [0.4, 0.5) is 8.78 Å². The first-order valence-electron chi connectivity index (χ1n) is 5.95. The predicted octanol–water partition coefficient (Wildman–Crippen LogP) is 1.78. The molecule has 2 unspecified atom stereocenters. The molecule has 2 heterocycles. The summed E-state index contributed by atoms with van der Waals surface area (Å²) in [4.78, 5) is 0.979. The number of hydrogen-bond donors (Lipinski definition) is 2. The number of halogens is 2. The van der Waals surface area contributed by atoms with Crippen LogP contribution in [0.5, 0.6) is 0 Å². The van der Waals surface area contributed by atoms with Crippen molar-refractivity contribution in [3.05, 3.63) is 23.3 Å². The van der Waals surface area contributed by atoms with Gasteiger partial charge in [-0.2, -0.15) is 4.39 Å². The number of hydrogen-bond acceptors (Lipinski definition) is 3. The van der Waals surface area contributed by atoms with E-state index in [0.717, 1.165) is 30.7 Å². The number of nitrogens with one attached hydrogen (secondary N) is 1. The summed E-state index contributed by atoms with van der Waals surface area (Å²) in [6.45, 7) is 2.76. The van der Waals surface area contributed by atoms with E-state index in [0.29, 0.717) is 5.57 Å². The van der Waals surface area contributed by atoms with Crippen LogP contribution < -0.4 is 11.1 Å². The van der Waals surface area contributed by atoms with Gasteiger partial charge >= 0.3 is 0 Å². The van der Waals surface area contributed by atoms with Crippen molar-refractivity contribution in [1.82, 2.24) is 10.2 Å². The van der Waals surface area contributed by atoms with E-state index in [4.69, 9.17) is 5.73 Å². The lowest BCUT2D eigenvalue weighted by Crippen LogP contribution is -2.51. The molecule has 0 saturated carbocycles. The molecule has 0 radical (unpaired) electrons. The van der Waals surface area contributed by atoms with Gasteiger partial charge in [0, 0.05) is 23.9 Å². The Hall–Kier alpha value is -1.10. The van der Waals surface area contributed by atoms with Crippen molar-refractivity contribution < 1.29 is 8.78 Å². The monoisotopic (exact) mass is 243 g/mol. The third kappa shape index (κ3) is 2.04. The summed E-state index contributed by atoms with van der Waals surface area (Å²) in [5, 5.41) is 3.29. The van der Waals surface area contributed by atoms with Crippen molar-refractivity contribution >= 4 is 0 Å². The van der Waals surface area contributed by atoms with E-state index in [-0.39, 0.29) is 5.70 Å². The van der Waals surface area contributed by atoms with E-state index in [1.54, 1.807) is 0 Å². The molecule has 0 aromatic carbocycles. The van der Waals surface area contributed by atoms with Crippen molar-refractivity contribution in [2.75, 3.05) is 13.6 Å². The standard InChI is InChI=1S/C12H19F2N3/c1-12(5-3-4-6-16-12)10-8(15)7-9(13)17(2)11(10)14/h7,9,16H,3-6,15H2,1-2H3. The number of nitrogens with zero attached hydrogens (tertiary/aromatic N) is 1. The molecule has 0 aromatic rings. The van der Waals surface area contributed by atoms with Crippen LogP contribution in [-0.2, 0) is 0 Å². The molecule has 2 aliphatic rings.